The Labute approximate surface area is 91.9 Å². The van der Waals surface area contributed by atoms with Crippen molar-refractivity contribution in [2.24, 2.45) is 5.92 Å². The number of imidazole rings is 1. The predicted molar refractivity (Wildman–Crippen MR) is 61.8 cm³/mol. The minimum atomic E-state index is 0.814. The molecule has 1 aliphatic rings. The Morgan fingerprint density at radius 1 is 1.53 bits per heavy atom. The molecule has 1 aromatic heterocycles. The van der Waals surface area contributed by atoms with E-state index in [4.69, 9.17) is 0 Å². The van der Waals surface area contributed by atoms with Crippen molar-refractivity contribution in [3.63, 3.8) is 0 Å². The quantitative estimate of drug-likeness (QED) is 0.820. The van der Waals surface area contributed by atoms with Crippen molar-refractivity contribution in [3.8, 4) is 0 Å². The molecule has 3 nitrogen and oxygen atoms in total. The van der Waals surface area contributed by atoms with E-state index in [2.05, 4.69) is 35.6 Å². The Morgan fingerprint density at radius 3 is 3.07 bits per heavy atom. The maximum Gasteiger partial charge on any atom is 0.106 e. The van der Waals surface area contributed by atoms with Crippen molar-refractivity contribution in [3.05, 3.63) is 17.2 Å². The van der Waals surface area contributed by atoms with Crippen LogP contribution in [0.1, 0.15) is 37.5 Å². The number of aryl methyl sites for hydroxylation is 1. The van der Waals surface area contributed by atoms with E-state index in [9.17, 15) is 0 Å². The third kappa shape index (κ3) is 2.07. The predicted octanol–water partition coefficient (Wildman–Crippen LogP) is 1.88. The minimum Gasteiger partial charge on any atom is -0.332 e. The second-order valence-electron chi connectivity index (χ2n) is 4.58. The molecule has 0 bridgehead atoms. The van der Waals surface area contributed by atoms with Crippen molar-refractivity contribution >= 4 is 0 Å². The van der Waals surface area contributed by atoms with Crippen molar-refractivity contribution in [1.82, 2.24) is 14.9 Å². The van der Waals surface area contributed by atoms with Crippen molar-refractivity contribution in [2.75, 3.05) is 6.54 Å². The highest BCUT2D eigenvalue weighted by Crippen LogP contribution is 2.24. The van der Waals surface area contributed by atoms with Gasteiger partial charge in [-0.3, -0.25) is 0 Å². The van der Waals surface area contributed by atoms with Gasteiger partial charge < -0.3 is 9.88 Å². The summed E-state index contributed by atoms with van der Waals surface area (Å²) in [4.78, 5) is 4.66. The fraction of sp³-hybridized carbons (Fsp3) is 0.750. The molecule has 1 unspecified atom stereocenters. The van der Waals surface area contributed by atoms with Crippen molar-refractivity contribution in [2.45, 2.75) is 46.7 Å². The van der Waals surface area contributed by atoms with E-state index in [1.807, 2.05) is 0 Å². The third-order valence-corrected chi connectivity index (χ3v) is 3.28. The summed E-state index contributed by atoms with van der Waals surface area (Å²) in [6.07, 6.45) is 2.49. The van der Waals surface area contributed by atoms with Gasteiger partial charge in [-0.05, 0) is 32.2 Å². The molecule has 0 saturated heterocycles. The van der Waals surface area contributed by atoms with E-state index < -0.39 is 0 Å². The third-order valence-electron chi connectivity index (χ3n) is 3.28. The van der Waals surface area contributed by atoms with Crippen LogP contribution in [0.3, 0.4) is 0 Å². The second-order valence-corrected chi connectivity index (χ2v) is 4.58. The zero-order valence-electron chi connectivity index (χ0n) is 10.0. The van der Waals surface area contributed by atoms with Gasteiger partial charge in [0.25, 0.3) is 0 Å². The molecule has 3 heteroatoms. The van der Waals surface area contributed by atoms with E-state index in [-0.39, 0.29) is 0 Å². The van der Waals surface area contributed by atoms with Crippen molar-refractivity contribution < 1.29 is 0 Å². The number of rotatable bonds is 3. The van der Waals surface area contributed by atoms with Gasteiger partial charge in [-0.1, -0.05) is 13.8 Å². The summed E-state index contributed by atoms with van der Waals surface area (Å²) >= 11 is 0. The maximum absolute atomic E-state index is 4.66. The first-order chi connectivity index (χ1) is 7.22. The fourth-order valence-corrected chi connectivity index (χ4v) is 2.36. The van der Waals surface area contributed by atoms with Crippen LogP contribution in [0.4, 0.5) is 0 Å². The van der Waals surface area contributed by atoms with Gasteiger partial charge in [0.05, 0.1) is 5.69 Å². The molecule has 0 fully saturated rings. The molecule has 15 heavy (non-hydrogen) atoms. The van der Waals surface area contributed by atoms with Gasteiger partial charge in [-0.2, -0.15) is 0 Å². The van der Waals surface area contributed by atoms with Gasteiger partial charge in [0.2, 0.25) is 0 Å². The monoisotopic (exact) mass is 207 g/mol. The first-order valence-electron chi connectivity index (χ1n) is 5.98. The van der Waals surface area contributed by atoms with E-state index in [0.717, 1.165) is 25.6 Å². The molecule has 2 rings (SSSR count). The number of nitrogens with zero attached hydrogens (tertiary/aromatic N) is 2. The molecule has 0 aliphatic carbocycles. The molecular formula is C12H21N3. The van der Waals surface area contributed by atoms with Crippen LogP contribution in [0.25, 0.3) is 0 Å². The van der Waals surface area contributed by atoms with Crippen LogP contribution in [0.15, 0.2) is 0 Å². The Kier molecular flexibility index (Phi) is 3.10. The van der Waals surface area contributed by atoms with E-state index in [1.54, 1.807) is 0 Å². The van der Waals surface area contributed by atoms with Gasteiger partial charge >= 0.3 is 0 Å². The van der Waals surface area contributed by atoms with Gasteiger partial charge in [0.1, 0.15) is 5.82 Å². The zero-order valence-corrected chi connectivity index (χ0v) is 10.0. The van der Waals surface area contributed by atoms with Crippen LogP contribution < -0.4 is 5.32 Å². The molecule has 0 radical (unpaired) electrons. The minimum absolute atomic E-state index is 0.814. The Hall–Kier alpha value is -0.830. The topological polar surface area (TPSA) is 29.9 Å². The first-order valence-corrected chi connectivity index (χ1v) is 5.98. The van der Waals surface area contributed by atoms with Gasteiger partial charge in [0.15, 0.2) is 0 Å². The number of nitrogens with one attached hydrogen (secondary N) is 1. The summed E-state index contributed by atoms with van der Waals surface area (Å²) in [5.74, 6) is 2.00. The van der Waals surface area contributed by atoms with Crippen LogP contribution in [0, 0.1) is 12.8 Å². The van der Waals surface area contributed by atoms with E-state index in [0.29, 0.717) is 0 Å². The highest BCUT2D eigenvalue weighted by molar-refractivity contribution is 5.19. The van der Waals surface area contributed by atoms with E-state index >= 15 is 0 Å². The largest absolute Gasteiger partial charge is 0.332 e. The lowest BCUT2D eigenvalue weighted by Crippen LogP contribution is -2.20. The molecule has 84 valence electrons. The van der Waals surface area contributed by atoms with E-state index in [1.165, 1.54) is 30.1 Å². The standard InChI is InChI=1S/C12H21N3/c1-4-13-8-11-12-7-9(2)5-6-15(12)10(3)14-11/h9,13H,4-8H2,1-3H3. The summed E-state index contributed by atoms with van der Waals surface area (Å²) in [7, 11) is 0. The maximum atomic E-state index is 4.66. The summed E-state index contributed by atoms with van der Waals surface area (Å²) < 4.78 is 2.40. The lowest BCUT2D eigenvalue weighted by atomic mass is 9.97. The molecule has 1 N–H and O–H groups in total. The Morgan fingerprint density at radius 2 is 2.33 bits per heavy atom. The highest BCUT2D eigenvalue weighted by atomic mass is 15.1. The molecule has 2 heterocycles. The van der Waals surface area contributed by atoms with Gasteiger partial charge in [-0.15, -0.1) is 0 Å². The van der Waals surface area contributed by atoms with Gasteiger partial charge in [0, 0.05) is 18.8 Å². The molecule has 1 atom stereocenters. The Bertz CT molecular complexity index is 341. The molecule has 0 amide bonds. The van der Waals surface area contributed by atoms with Crippen molar-refractivity contribution in [1.29, 1.82) is 0 Å². The molecule has 0 aromatic carbocycles. The molecular weight excluding hydrogens is 186 g/mol. The SMILES string of the molecule is CCNCc1nc(C)n2c1CC(C)CC2. The number of hydrogen-bond acceptors (Lipinski definition) is 2. The summed E-state index contributed by atoms with van der Waals surface area (Å²) in [5, 5.41) is 3.37. The normalized spacial score (nSPS) is 20.3. The second kappa shape index (κ2) is 4.35. The number of aromatic nitrogens is 2. The molecule has 0 saturated carbocycles. The summed E-state index contributed by atoms with van der Waals surface area (Å²) in [6.45, 7) is 9.69. The summed E-state index contributed by atoms with van der Waals surface area (Å²) in [6, 6.07) is 0. The van der Waals surface area contributed by atoms with Crippen LogP contribution in [-0.2, 0) is 19.5 Å². The fourth-order valence-electron chi connectivity index (χ4n) is 2.36. The zero-order chi connectivity index (χ0) is 10.8. The van der Waals surface area contributed by atoms with Crippen LogP contribution in [-0.4, -0.2) is 16.1 Å². The van der Waals surface area contributed by atoms with Crippen LogP contribution in [0.2, 0.25) is 0 Å². The lowest BCUT2D eigenvalue weighted by molar-refractivity contribution is 0.409. The van der Waals surface area contributed by atoms with Gasteiger partial charge in [-0.25, -0.2) is 4.98 Å². The number of hydrogen-bond donors (Lipinski definition) is 1. The first kappa shape index (κ1) is 10.7. The average molecular weight is 207 g/mol. The molecule has 0 spiro atoms. The Balaban J connectivity index is 2.24. The average Bonchev–Trinajstić information content (AvgIpc) is 2.52. The lowest BCUT2D eigenvalue weighted by Gasteiger charge is -2.22. The van der Waals surface area contributed by atoms with Crippen LogP contribution in [0.5, 0.6) is 0 Å². The number of fused-ring (bicyclic) bond motifs is 1. The molecule has 1 aliphatic heterocycles. The highest BCUT2D eigenvalue weighted by Gasteiger charge is 2.21. The molecule has 1 aromatic rings. The smallest absolute Gasteiger partial charge is 0.106 e. The summed E-state index contributed by atoms with van der Waals surface area (Å²) in [5.41, 5.74) is 2.73. The van der Waals surface area contributed by atoms with Crippen LogP contribution >= 0.6 is 0 Å².